The van der Waals surface area contributed by atoms with Crippen molar-refractivity contribution >= 4 is 11.6 Å². The quantitative estimate of drug-likeness (QED) is 0.896. The molecule has 0 spiro atoms. The molecule has 3 N–H and O–H groups in total. The highest BCUT2D eigenvalue weighted by atomic mass is 35.5. The number of likely N-dealkylation sites (tertiary alicyclic amines) is 1. The number of nitrogens with two attached hydrogens (primary N) is 1. The first kappa shape index (κ1) is 14.8. The third-order valence-electron chi connectivity index (χ3n) is 4.02. The van der Waals surface area contributed by atoms with Gasteiger partial charge in [0.05, 0.1) is 5.60 Å². The van der Waals surface area contributed by atoms with Crippen LogP contribution in [0.15, 0.2) is 24.3 Å². The van der Waals surface area contributed by atoms with Crippen LogP contribution in [0.5, 0.6) is 0 Å². The Morgan fingerprint density at radius 2 is 2.00 bits per heavy atom. The Bertz CT molecular complexity index is 405. The van der Waals surface area contributed by atoms with Gasteiger partial charge in [0.2, 0.25) is 0 Å². The SMILES string of the molecule is CC1(O)CCCN(C(CN)c2ccc(Cl)cc2)CC1. The summed E-state index contributed by atoms with van der Waals surface area (Å²) in [4.78, 5) is 2.38. The van der Waals surface area contributed by atoms with Gasteiger partial charge in [0, 0.05) is 24.2 Å². The van der Waals surface area contributed by atoms with E-state index in [1.165, 1.54) is 5.56 Å². The highest BCUT2D eigenvalue weighted by Gasteiger charge is 2.28. The predicted octanol–water partition coefficient (Wildman–Crippen LogP) is 2.58. The molecule has 1 saturated heterocycles. The summed E-state index contributed by atoms with van der Waals surface area (Å²) >= 11 is 5.93. The van der Waals surface area contributed by atoms with Crippen molar-refractivity contribution in [3.63, 3.8) is 0 Å². The number of nitrogens with zero attached hydrogens (tertiary/aromatic N) is 1. The van der Waals surface area contributed by atoms with Crippen molar-refractivity contribution in [1.82, 2.24) is 4.90 Å². The van der Waals surface area contributed by atoms with Crippen molar-refractivity contribution in [3.8, 4) is 0 Å². The fourth-order valence-corrected chi connectivity index (χ4v) is 2.90. The van der Waals surface area contributed by atoms with Gasteiger partial charge >= 0.3 is 0 Å². The lowest BCUT2D eigenvalue weighted by Gasteiger charge is -2.30. The van der Waals surface area contributed by atoms with Crippen LogP contribution in [0.2, 0.25) is 5.02 Å². The molecule has 1 aromatic rings. The lowest BCUT2D eigenvalue weighted by atomic mass is 9.98. The predicted molar refractivity (Wildman–Crippen MR) is 79.3 cm³/mol. The minimum atomic E-state index is -0.534. The van der Waals surface area contributed by atoms with Crippen LogP contribution in [-0.4, -0.2) is 35.2 Å². The Labute approximate surface area is 120 Å². The summed E-state index contributed by atoms with van der Waals surface area (Å²) in [5.74, 6) is 0. The van der Waals surface area contributed by atoms with Gasteiger partial charge in [-0.15, -0.1) is 0 Å². The maximum Gasteiger partial charge on any atom is 0.0632 e. The molecule has 1 fully saturated rings. The largest absolute Gasteiger partial charge is 0.390 e. The first-order chi connectivity index (χ1) is 9.02. The Balaban J connectivity index is 2.11. The average Bonchev–Trinajstić information content (AvgIpc) is 2.54. The third-order valence-corrected chi connectivity index (χ3v) is 4.27. The van der Waals surface area contributed by atoms with Crippen molar-refractivity contribution in [1.29, 1.82) is 0 Å². The zero-order valence-electron chi connectivity index (χ0n) is 11.5. The van der Waals surface area contributed by atoms with E-state index >= 15 is 0 Å². The standard InChI is InChI=1S/C15H23ClN2O/c1-15(19)7-2-9-18(10-8-15)14(11-17)12-3-5-13(16)6-4-12/h3-6,14,19H,2,7-11,17H2,1H3. The Kier molecular flexibility index (Phi) is 4.85. The molecule has 0 bridgehead atoms. The van der Waals surface area contributed by atoms with Gasteiger partial charge in [-0.1, -0.05) is 23.7 Å². The molecule has 1 aliphatic heterocycles. The smallest absolute Gasteiger partial charge is 0.0632 e. The molecule has 106 valence electrons. The van der Waals surface area contributed by atoms with E-state index in [9.17, 15) is 5.11 Å². The van der Waals surface area contributed by atoms with Crippen LogP contribution in [-0.2, 0) is 0 Å². The molecule has 1 aliphatic rings. The van der Waals surface area contributed by atoms with Crippen LogP contribution in [0, 0.1) is 0 Å². The van der Waals surface area contributed by atoms with E-state index in [-0.39, 0.29) is 6.04 Å². The fourth-order valence-electron chi connectivity index (χ4n) is 2.78. The number of hydrogen-bond acceptors (Lipinski definition) is 3. The van der Waals surface area contributed by atoms with Crippen molar-refractivity contribution in [2.45, 2.75) is 37.8 Å². The molecule has 0 amide bonds. The summed E-state index contributed by atoms with van der Waals surface area (Å²) in [5.41, 5.74) is 6.62. The lowest BCUT2D eigenvalue weighted by Crippen LogP contribution is -2.35. The Morgan fingerprint density at radius 1 is 1.32 bits per heavy atom. The lowest BCUT2D eigenvalue weighted by molar-refractivity contribution is 0.0431. The number of benzene rings is 1. The fraction of sp³-hybridized carbons (Fsp3) is 0.600. The molecule has 4 heteroatoms. The highest BCUT2D eigenvalue weighted by molar-refractivity contribution is 6.30. The third kappa shape index (κ3) is 3.93. The van der Waals surface area contributed by atoms with Gasteiger partial charge in [0.1, 0.15) is 0 Å². The van der Waals surface area contributed by atoms with Crippen molar-refractivity contribution in [2.75, 3.05) is 19.6 Å². The second-order valence-electron chi connectivity index (χ2n) is 5.69. The summed E-state index contributed by atoms with van der Waals surface area (Å²) in [7, 11) is 0. The summed E-state index contributed by atoms with van der Waals surface area (Å²) in [6, 6.07) is 8.12. The molecule has 2 rings (SSSR count). The molecule has 19 heavy (non-hydrogen) atoms. The molecule has 0 saturated carbocycles. The van der Waals surface area contributed by atoms with E-state index < -0.39 is 5.60 Å². The van der Waals surface area contributed by atoms with Crippen LogP contribution in [0.3, 0.4) is 0 Å². The molecule has 3 nitrogen and oxygen atoms in total. The van der Waals surface area contributed by atoms with Gasteiger partial charge < -0.3 is 10.8 Å². The van der Waals surface area contributed by atoms with Gasteiger partial charge in [-0.05, 0) is 50.4 Å². The first-order valence-corrected chi connectivity index (χ1v) is 7.31. The molecule has 0 aliphatic carbocycles. The zero-order valence-corrected chi connectivity index (χ0v) is 12.2. The normalized spacial score (nSPS) is 26.9. The van der Waals surface area contributed by atoms with Crippen molar-refractivity contribution in [2.24, 2.45) is 5.73 Å². The molecule has 1 aromatic carbocycles. The van der Waals surface area contributed by atoms with Crippen LogP contribution in [0.25, 0.3) is 0 Å². The molecular weight excluding hydrogens is 260 g/mol. The molecule has 2 unspecified atom stereocenters. The van der Waals surface area contributed by atoms with E-state index in [0.29, 0.717) is 6.54 Å². The minimum absolute atomic E-state index is 0.214. The maximum absolute atomic E-state index is 10.2. The first-order valence-electron chi connectivity index (χ1n) is 6.94. The van der Waals surface area contributed by atoms with Crippen LogP contribution in [0.4, 0.5) is 0 Å². The summed E-state index contributed by atoms with van der Waals surface area (Å²) in [6.07, 6.45) is 2.68. The summed E-state index contributed by atoms with van der Waals surface area (Å²) in [6.45, 7) is 4.39. The topological polar surface area (TPSA) is 49.5 Å². The van der Waals surface area contributed by atoms with E-state index in [2.05, 4.69) is 4.90 Å². The Morgan fingerprint density at radius 3 is 2.63 bits per heavy atom. The summed E-state index contributed by atoms with van der Waals surface area (Å²) in [5, 5.41) is 10.9. The number of aliphatic hydroxyl groups is 1. The number of rotatable bonds is 3. The molecule has 2 atom stereocenters. The van der Waals surface area contributed by atoms with Crippen LogP contribution >= 0.6 is 11.6 Å². The van der Waals surface area contributed by atoms with Gasteiger partial charge in [-0.25, -0.2) is 0 Å². The van der Waals surface area contributed by atoms with E-state index in [1.807, 2.05) is 31.2 Å². The van der Waals surface area contributed by atoms with E-state index in [1.54, 1.807) is 0 Å². The summed E-state index contributed by atoms with van der Waals surface area (Å²) < 4.78 is 0. The van der Waals surface area contributed by atoms with E-state index in [4.69, 9.17) is 17.3 Å². The van der Waals surface area contributed by atoms with Crippen LogP contribution < -0.4 is 5.73 Å². The monoisotopic (exact) mass is 282 g/mol. The zero-order chi connectivity index (χ0) is 13.9. The van der Waals surface area contributed by atoms with Crippen LogP contribution in [0.1, 0.15) is 37.8 Å². The second kappa shape index (κ2) is 6.23. The second-order valence-corrected chi connectivity index (χ2v) is 6.13. The number of hydrogen-bond donors (Lipinski definition) is 2. The average molecular weight is 283 g/mol. The minimum Gasteiger partial charge on any atom is -0.390 e. The maximum atomic E-state index is 10.2. The van der Waals surface area contributed by atoms with Gasteiger partial charge in [0.15, 0.2) is 0 Å². The van der Waals surface area contributed by atoms with Crippen molar-refractivity contribution in [3.05, 3.63) is 34.9 Å². The van der Waals surface area contributed by atoms with Gasteiger partial charge in [-0.3, -0.25) is 4.90 Å². The Hall–Kier alpha value is -0.610. The van der Waals surface area contributed by atoms with Gasteiger partial charge in [-0.2, -0.15) is 0 Å². The highest BCUT2D eigenvalue weighted by Crippen LogP contribution is 2.28. The molecule has 1 heterocycles. The number of halogens is 1. The molecule has 0 aromatic heterocycles. The molecule has 0 radical (unpaired) electrons. The van der Waals surface area contributed by atoms with E-state index in [0.717, 1.165) is 37.4 Å². The van der Waals surface area contributed by atoms with Gasteiger partial charge in [0.25, 0.3) is 0 Å². The van der Waals surface area contributed by atoms with Crippen molar-refractivity contribution < 1.29 is 5.11 Å². The molecular formula is C15H23ClN2O.